The van der Waals surface area contributed by atoms with Crippen molar-refractivity contribution in [2.75, 3.05) is 7.05 Å². The normalized spacial score (nSPS) is 41.2. The lowest BCUT2D eigenvalue weighted by Crippen LogP contribution is -2.57. The zero-order chi connectivity index (χ0) is 11.8. The van der Waals surface area contributed by atoms with E-state index in [-0.39, 0.29) is 6.04 Å². The van der Waals surface area contributed by atoms with Gasteiger partial charge in [-0.15, -0.1) is 0 Å². The van der Waals surface area contributed by atoms with Crippen LogP contribution in [0.25, 0.3) is 0 Å². The van der Waals surface area contributed by atoms with Crippen molar-refractivity contribution in [2.45, 2.75) is 75.6 Å². The van der Waals surface area contributed by atoms with Gasteiger partial charge in [0, 0.05) is 18.1 Å². The first-order valence-corrected chi connectivity index (χ1v) is 6.76. The second-order valence-electron chi connectivity index (χ2n) is 5.81. The summed E-state index contributed by atoms with van der Waals surface area (Å²) in [4.78, 5) is 2.45. The van der Waals surface area contributed by atoms with Crippen LogP contribution in [0.1, 0.15) is 51.9 Å². The zero-order valence-electron chi connectivity index (χ0n) is 10.7. The molecule has 0 amide bonds. The molecule has 0 aliphatic carbocycles. The van der Waals surface area contributed by atoms with Crippen molar-refractivity contribution in [1.29, 1.82) is 0 Å². The van der Waals surface area contributed by atoms with Crippen molar-refractivity contribution >= 4 is 0 Å². The summed E-state index contributed by atoms with van der Waals surface area (Å²) in [7, 11) is 2.19. The molecule has 3 unspecified atom stereocenters. The summed E-state index contributed by atoms with van der Waals surface area (Å²) >= 11 is 0. The summed E-state index contributed by atoms with van der Waals surface area (Å²) in [6, 6.07) is 1.11. The molecule has 0 aromatic rings. The Morgan fingerprint density at radius 2 is 1.94 bits per heavy atom. The van der Waals surface area contributed by atoms with Crippen LogP contribution in [-0.2, 0) is 0 Å². The molecule has 2 fully saturated rings. The maximum absolute atomic E-state index is 10.7. The summed E-state index contributed by atoms with van der Waals surface area (Å²) in [5.74, 6) is 0. The monoisotopic (exact) mass is 226 g/mol. The van der Waals surface area contributed by atoms with Gasteiger partial charge >= 0.3 is 0 Å². The molecule has 0 saturated carbocycles. The fourth-order valence-electron chi connectivity index (χ4n) is 3.48. The Bertz CT molecular complexity index is 230. The first kappa shape index (κ1) is 12.3. The van der Waals surface area contributed by atoms with E-state index < -0.39 is 5.60 Å². The van der Waals surface area contributed by atoms with E-state index in [2.05, 4.69) is 18.9 Å². The van der Waals surface area contributed by atoms with Gasteiger partial charge in [-0.25, -0.2) is 0 Å². The van der Waals surface area contributed by atoms with Gasteiger partial charge in [-0.2, -0.15) is 0 Å². The molecule has 3 N–H and O–H groups in total. The Labute approximate surface area is 99.0 Å². The standard InChI is InChI=1S/C13H26N2O/c1-3-4-5-12(14)13(16)8-10-6-7-11(9-13)15(10)2/h10-12,16H,3-9,14H2,1-2H3. The van der Waals surface area contributed by atoms with Crippen molar-refractivity contribution in [3.8, 4) is 0 Å². The van der Waals surface area contributed by atoms with Gasteiger partial charge in [0.2, 0.25) is 0 Å². The molecule has 2 bridgehead atoms. The molecule has 0 spiro atoms. The number of rotatable bonds is 4. The lowest BCUT2D eigenvalue weighted by molar-refractivity contribution is -0.0637. The first-order valence-electron chi connectivity index (χ1n) is 6.76. The molecule has 3 heteroatoms. The highest BCUT2D eigenvalue weighted by molar-refractivity contribution is 5.04. The Hall–Kier alpha value is -0.120. The highest BCUT2D eigenvalue weighted by Gasteiger charge is 2.48. The number of fused-ring (bicyclic) bond motifs is 2. The van der Waals surface area contributed by atoms with Crippen molar-refractivity contribution in [3.05, 3.63) is 0 Å². The van der Waals surface area contributed by atoms with Crippen LogP contribution in [0.15, 0.2) is 0 Å². The van der Waals surface area contributed by atoms with Gasteiger partial charge in [-0.1, -0.05) is 19.8 Å². The zero-order valence-corrected chi connectivity index (χ0v) is 10.7. The molecule has 94 valence electrons. The average molecular weight is 226 g/mol. The maximum atomic E-state index is 10.7. The quantitative estimate of drug-likeness (QED) is 0.763. The highest BCUT2D eigenvalue weighted by Crippen LogP contribution is 2.41. The average Bonchev–Trinajstić information content (AvgIpc) is 2.51. The largest absolute Gasteiger partial charge is 0.388 e. The predicted octanol–water partition coefficient (Wildman–Crippen LogP) is 1.49. The third-order valence-electron chi connectivity index (χ3n) is 4.72. The van der Waals surface area contributed by atoms with Crippen molar-refractivity contribution in [1.82, 2.24) is 4.90 Å². The number of hydrogen-bond donors (Lipinski definition) is 2. The Balaban J connectivity index is 1.98. The van der Waals surface area contributed by atoms with Crippen LogP contribution < -0.4 is 5.73 Å². The molecule has 2 saturated heterocycles. The van der Waals surface area contributed by atoms with E-state index in [9.17, 15) is 5.11 Å². The molecule has 2 rings (SSSR count). The maximum Gasteiger partial charge on any atom is 0.0827 e. The van der Waals surface area contributed by atoms with E-state index >= 15 is 0 Å². The molecule has 0 aromatic carbocycles. The molecule has 2 aliphatic heterocycles. The van der Waals surface area contributed by atoms with Crippen LogP contribution in [0.5, 0.6) is 0 Å². The molecule has 3 nitrogen and oxygen atoms in total. The molecule has 2 aliphatic rings. The van der Waals surface area contributed by atoms with Gasteiger partial charge < -0.3 is 15.7 Å². The van der Waals surface area contributed by atoms with Crippen LogP contribution in [0.2, 0.25) is 0 Å². The minimum Gasteiger partial charge on any atom is -0.388 e. The SMILES string of the molecule is CCCCC(N)C1(O)CC2CCC(C1)N2C. The van der Waals surface area contributed by atoms with Crippen LogP contribution in [0.4, 0.5) is 0 Å². The minimum atomic E-state index is -0.590. The van der Waals surface area contributed by atoms with E-state index in [1.165, 1.54) is 12.8 Å². The van der Waals surface area contributed by atoms with Gasteiger partial charge in [0.1, 0.15) is 0 Å². The third kappa shape index (κ3) is 2.13. The second-order valence-corrected chi connectivity index (χ2v) is 5.81. The predicted molar refractivity (Wildman–Crippen MR) is 66.3 cm³/mol. The lowest BCUT2D eigenvalue weighted by atomic mass is 9.79. The Morgan fingerprint density at radius 3 is 2.44 bits per heavy atom. The van der Waals surface area contributed by atoms with E-state index in [1.807, 2.05) is 0 Å². The molecular weight excluding hydrogens is 200 g/mol. The van der Waals surface area contributed by atoms with E-state index in [0.717, 1.165) is 32.1 Å². The molecule has 2 heterocycles. The summed E-state index contributed by atoms with van der Waals surface area (Å²) < 4.78 is 0. The van der Waals surface area contributed by atoms with Gasteiger partial charge in [-0.3, -0.25) is 0 Å². The van der Waals surface area contributed by atoms with E-state index in [4.69, 9.17) is 5.73 Å². The summed E-state index contributed by atoms with van der Waals surface area (Å²) in [5.41, 5.74) is 5.61. The fourth-order valence-corrected chi connectivity index (χ4v) is 3.48. The molecule has 16 heavy (non-hydrogen) atoms. The summed E-state index contributed by atoms with van der Waals surface area (Å²) in [6.07, 6.45) is 7.51. The van der Waals surface area contributed by atoms with Crippen molar-refractivity contribution in [2.24, 2.45) is 5.73 Å². The number of unbranched alkanes of at least 4 members (excludes halogenated alkanes) is 1. The third-order valence-corrected chi connectivity index (χ3v) is 4.72. The van der Waals surface area contributed by atoms with Gasteiger partial charge in [0.15, 0.2) is 0 Å². The fraction of sp³-hybridized carbons (Fsp3) is 1.00. The number of hydrogen-bond acceptors (Lipinski definition) is 3. The van der Waals surface area contributed by atoms with Gasteiger partial charge in [0.25, 0.3) is 0 Å². The molecule has 3 atom stereocenters. The van der Waals surface area contributed by atoms with Gasteiger partial charge in [0.05, 0.1) is 5.60 Å². The number of nitrogens with zero attached hydrogens (tertiary/aromatic N) is 1. The van der Waals surface area contributed by atoms with Crippen LogP contribution in [0, 0.1) is 0 Å². The second kappa shape index (κ2) is 4.63. The number of aliphatic hydroxyl groups is 1. The number of piperidine rings is 1. The topological polar surface area (TPSA) is 49.5 Å². The smallest absolute Gasteiger partial charge is 0.0827 e. The van der Waals surface area contributed by atoms with Gasteiger partial charge in [-0.05, 0) is 39.2 Å². The molecular formula is C13H26N2O. The van der Waals surface area contributed by atoms with E-state index in [1.54, 1.807) is 0 Å². The number of nitrogens with two attached hydrogens (primary N) is 1. The molecule has 0 radical (unpaired) electrons. The summed E-state index contributed by atoms with van der Waals surface area (Å²) in [5, 5.41) is 10.7. The van der Waals surface area contributed by atoms with Crippen LogP contribution in [-0.4, -0.2) is 40.8 Å². The first-order chi connectivity index (χ1) is 7.57. The van der Waals surface area contributed by atoms with Crippen molar-refractivity contribution < 1.29 is 5.11 Å². The summed E-state index contributed by atoms with van der Waals surface area (Å²) in [6.45, 7) is 2.18. The highest BCUT2D eigenvalue weighted by atomic mass is 16.3. The lowest BCUT2D eigenvalue weighted by Gasteiger charge is -2.45. The van der Waals surface area contributed by atoms with Crippen molar-refractivity contribution in [3.63, 3.8) is 0 Å². The molecule has 0 aromatic heterocycles. The van der Waals surface area contributed by atoms with Crippen LogP contribution in [0.3, 0.4) is 0 Å². The van der Waals surface area contributed by atoms with Crippen LogP contribution >= 0.6 is 0 Å². The minimum absolute atomic E-state index is 0.0238. The Kier molecular flexibility index (Phi) is 3.57. The Morgan fingerprint density at radius 1 is 1.38 bits per heavy atom. The van der Waals surface area contributed by atoms with E-state index in [0.29, 0.717) is 12.1 Å².